The van der Waals surface area contributed by atoms with Gasteiger partial charge in [0, 0.05) is 24.1 Å². The average Bonchev–Trinajstić information content (AvgIpc) is 2.82. The number of aliphatic hydroxyl groups excluding tert-OH is 3. The molecule has 2 unspecified atom stereocenters. The zero-order chi connectivity index (χ0) is 27.2. The number of aryl methyl sites for hydroxylation is 1. The van der Waals surface area contributed by atoms with Crippen LogP contribution in [0.2, 0.25) is 0 Å². The summed E-state index contributed by atoms with van der Waals surface area (Å²) >= 11 is 0. The number of thiol groups is 1. The van der Waals surface area contributed by atoms with Gasteiger partial charge < -0.3 is 30.3 Å². The summed E-state index contributed by atoms with van der Waals surface area (Å²) in [7, 11) is 3.60. The Labute approximate surface area is 226 Å². The molecule has 1 saturated heterocycles. The summed E-state index contributed by atoms with van der Waals surface area (Å²) in [5.74, 6) is 1.43. The Bertz CT molecular complexity index is 982. The second-order valence-corrected chi connectivity index (χ2v) is 14.2. The zero-order valence-electron chi connectivity index (χ0n) is 23.4. The largest absolute Gasteiger partial charge is 0.494 e. The molecule has 0 saturated carbocycles. The molecule has 4 N–H and O–H groups in total. The first kappa shape index (κ1) is 29.9. The Morgan fingerprint density at radius 1 is 1.05 bits per heavy atom. The Kier molecular flexibility index (Phi) is 10.9. The van der Waals surface area contributed by atoms with Gasteiger partial charge >= 0.3 is 0 Å². The molecule has 0 aliphatic carbocycles. The molecule has 1 heterocycles. The third-order valence-electron chi connectivity index (χ3n) is 7.16. The van der Waals surface area contributed by atoms with Crippen molar-refractivity contribution in [3.63, 3.8) is 0 Å². The lowest BCUT2D eigenvalue weighted by molar-refractivity contribution is -0.0561. The van der Waals surface area contributed by atoms with Crippen LogP contribution in [0.3, 0.4) is 0 Å². The highest BCUT2D eigenvalue weighted by atomic mass is 32.2. The fourth-order valence-electron chi connectivity index (χ4n) is 5.36. The molecule has 0 spiro atoms. The van der Waals surface area contributed by atoms with Gasteiger partial charge in [-0.25, -0.2) is 10.9 Å². The van der Waals surface area contributed by atoms with Crippen LogP contribution in [0.4, 0.5) is 0 Å². The van der Waals surface area contributed by atoms with E-state index in [1.807, 2.05) is 12.1 Å². The molecule has 0 bridgehead atoms. The maximum absolute atomic E-state index is 10.7. The van der Waals surface area contributed by atoms with Gasteiger partial charge in [-0.05, 0) is 86.5 Å². The highest BCUT2D eigenvalue weighted by Crippen LogP contribution is 2.48. The van der Waals surface area contributed by atoms with Gasteiger partial charge in [0.25, 0.3) is 0 Å². The molecule has 5 atom stereocenters. The van der Waals surface area contributed by atoms with Gasteiger partial charge in [0.2, 0.25) is 0 Å². The minimum absolute atomic E-state index is 0.128. The topological polar surface area (TPSA) is 85.2 Å². The van der Waals surface area contributed by atoms with Gasteiger partial charge in [-0.3, -0.25) is 0 Å². The minimum Gasteiger partial charge on any atom is -0.494 e. The molecule has 2 aromatic carbocycles. The van der Waals surface area contributed by atoms with E-state index >= 15 is 0 Å². The number of nitrogens with one attached hydrogen (secondary N) is 1. The van der Waals surface area contributed by atoms with Crippen molar-refractivity contribution in [1.29, 1.82) is 0 Å². The number of ether oxygens (including phenoxy) is 1. The molecule has 208 valence electrons. The quantitative estimate of drug-likeness (QED) is 0.213. The molecule has 7 heteroatoms. The van der Waals surface area contributed by atoms with Crippen molar-refractivity contribution < 1.29 is 20.1 Å². The fraction of sp³-hybridized carbons (Fsp3) is 0.600. The number of hydrogen-bond donors (Lipinski definition) is 5. The van der Waals surface area contributed by atoms with Crippen LogP contribution >= 0.6 is 10.9 Å². The number of rotatable bonds is 12. The van der Waals surface area contributed by atoms with Gasteiger partial charge in [0.1, 0.15) is 11.9 Å². The predicted molar refractivity (Wildman–Crippen MR) is 156 cm³/mol. The Hall–Kier alpha value is -1.61. The third kappa shape index (κ3) is 8.70. The van der Waals surface area contributed by atoms with E-state index < -0.39 is 29.2 Å². The lowest BCUT2D eigenvalue weighted by Crippen LogP contribution is -2.47. The standard InChI is InChI=1S/C30H48N2O4S/c1-21-8-11-23(29-28(35)27(34)26(33)18-37(29)6)17-24(21)16-22-9-12-25(13-10-22)36-15-7-14-31-19-30(2,3)20-32(4)5/h8-13,17,26-29,31,33-35,37H,7,14-16,18-20H2,1-6H3/t26-,27-,28-,29?/m1/s1. The zero-order valence-corrected chi connectivity index (χ0v) is 24.3. The van der Waals surface area contributed by atoms with Crippen LogP contribution in [-0.4, -0.2) is 90.9 Å². The Morgan fingerprint density at radius 3 is 2.43 bits per heavy atom. The van der Waals surface area contributed by atoms with E-state index in [1.165, 1.54) is 16.7 Å². The average molecular weight is 533 g/mol. The Balaban J connectivity index is 1.51. The summed E-state index contributed by atoms with van der Waals surface area (Å²) in [6, 6.07) is 14.6. The van der Waals surface area contributed by atoms with Gasteiger partial charge in [0.05, 0.1) is 18.8 Å². The maximum Gasteiger partial charge on any atom is 0.119 e. The van der Waals surface area contributed by atoms with Crippen molar-refractivity contribution in [2.45, 2.75) is 57.2 Å². The van der Waals surface area contributed by atoms with Crippen molar-refractivity contribution >= 4 is 10.9 Å². The predicted octanol–water partition coefficient (Wildman–Crippen LogP) is 3.30. The third-order valence-corrected chi connectivity index (χ3v) is 9.67. The van der Waals surface area contributed by atoms with Crippen LogP contribution < -0.4 is 10.1 Å². The lowest BCUT2D eigenvalue weighted by atomic mass is 9.93. The van der Waals surface area contributed by atoms with Crippen molar-refractivity contribution in [2.75, 3.05) is 52.3 Å². The minimum atomic E-state index is -1.09. The Morgan fingerprint density at radius 2 is 1.76 bits per heavy atom. The van der Waals surface area contributed by atoms with Crippen LogP contribution in [0.1, 0.15) is 47.8 Å². The van der Waals surface area contributed by atoms with Crippen LogP contribution in [0.25, 0.3) is 0 Å². The molecule has 0 radical (unpaired) electrons. The van der Waals surface area contributed by atoms with Gasteiger partial charge in [-0.15, -0.1) is 0 Å². The molecule has 37 heavy (non-hydrogen) atoms. The van der Waals surface area contributed by atoms with E-state index in [-0.39, 0.29) is 10.7 Å². The van der Waals surface area contributed by atoms with E-state index in [4.69, 9.17) is 4.74 Å². The SMILES string of the molecule is Cc1ccc(C2[C@H](O)[C@H](O)[C@H](O)C[SH]2C)cc1Cc1ccc(OCCCNCC(C)(C)CN(C)C)cc1. The fourth-order valence-corrected chi connectivity index (χ4v) is 7.76. The van der Waals surface area contributed by atoms with E-state index in [2.05, 4.69) is 81.7 Å². The molecule has 3 rings (SSSR count). The van der Waals surface area contributed by atoms with Crippen molar-refractivity contribution in [2.24, 2.45) is 5.41 Å². The first-order valence-corrected chi connectivity index (χ1v) is 15.4. The molecule has 2 aromatic rings. The van der Waals surface area contributed by atoms with Gasteiger partial charge in [-0.2, -0.15) is 0 Å². The van der Waals surface area contributed by atoms with E-state index in [9.17, 15) is 15.3 Å². The highest BCUT2D eigenvalue weighted by molar-refractivity contribution is 8.16. The summed E-state index contributed by atoms with van der Waals surface area (Å²) in [4.78, 5) is 2.23. The van der Waals surface area contributed by atoms with Crippen LogP contribution in [0.15, 0.2) is 42.5 Å². The number of benzene rings is 2. The second-order valence-electron chi connectivity index (χ2n) is 11.7. The first-order chi connectivity index (χ1) is 17.5. The lowest BCUT2D eigenvalue weighted by Gasteiger charge is -2.42. The van der Waals surface area contributed by atoms with Crippen LogP contribution in [0, 0.1) is 12.3 Å². The van der Waals surface area contributed by atoms with Crippen LogP contribution in [0.5, 0.6) is 5.75 Å². The van der Waals surface area contributed by atoms with Gasteiger partial charge in [0.15, 0.2) is 0 Å². The number of nitrogens with zero attached hydrogens (tertiary/aromatic N) is 1. The molecule has 6 nitrogen and oxygen atoms in total. The van der Waals surface area contributed by atoms with E-state index in [0.717, 1.165) is 43.8 Å². The van der Waals surface area contributed by atoms with Gasteiger partial charge in [-0.1, -0.05) is 44.2 Å². The molecular formula is C30H48N2O4S. The van der Waals surface area contributed by atoms with E-state index in [0.29, 0.717) is 12.4 Å². The number of aliphatic hydroxyl groups is 3. The summed E-state index contributed by atoms with van der Waals surface area (Å²) in [5.41, 5.74) is 4.92. The van der Waals surface area contributed by atoms with Crippen molar-refractivity contribution in [3.8, 4) is 5.75 Å². The summed E-state index contributed by atoms with van der Waals surface area (Å²) in [6.45, 7) is 10.3. The second kappa shape index (κ2) is 13.5. The molecule has 1 aliphatic heterocycles. The molecule has 1 aliphatic rings. The smallest absolute Gasteiger partial charge is 0.119 e. The van der Waals surface area contributed by atoms with Crippen molar-refractivity contribution in [3.05, 3.63) is 64.7 Å². The maximum atomic E-state index is 10.7. The first-order valence-electron chi connectivity index (χ1n) is 13.4. The monoisotopic (exact) mass is 532 g/mol. The van der Waals surface area contributed by atoms with Crippen molar-refractivity contribution in [1.82, 2.24) is 10.2 Å². The molecular weight excluding hydrogens is 484 g/mol. The molecule has 0 amide bonds. The summed E-state index contributed by atoms with van der Waals surface area (Å²) in [5, 5.41) is 34.4. The highest BCUT2D eigenvalue weighted by Gasteiger charge is 2.40. The normalized spacial score (nSPS) is 25.4. The van der Waals surface area contributed by atoms with Crippen LogP contribution in [-0.2, 0) is 6.42 Å². The summed E-state index contributed by atoms with van der Waals surface area (Å²) < 4.78 is 5.95. The number of hydrogen-bond acceptors (Lipinski definition) is 6. The van der Waals surface area contributed by atoms with E-state index in [1.54, 1.807) is 0 Å². The summed E-state index contributed by atoms with van der Waals surface area (Å²) in [6.07, 6.45) is 0.980. The molecule has 1 fully saturated rings. The molecule has 0 aromatic heterocycles.